The minimum Gasteiger partial charge on any atom is -0.461 e. The van der Waals surface area contributed by atoms with E-state index in [0.29, 0.717) is 31.6 Å². The standard InChI is InChI=1S/C11H15NO4/c1-2-15-11(14)9-5-7-3-4-8(13)6-10(7)16-12-9/h7,10H,2-6H2,1H3/t7-,10-/m0/s1. The summed E-state index contributed by atoms with van der Waals surface area (Å²) in [6.45, 7) is 2.09. The molecule has 1 aliphatic heterocycles. The highest BCUT2D eigenvalue weighted by Crippen LogP contribution is 2.31. The summed E-state index contributed by atoms with van der Waals surface area (Å²) in [7, 11) is 0. The van der Waals surface area contributed by atoms with Crippen molar-refractivity contribution in [1.29, 1.82) is 0 Å². The van der Waals surface area contributed by atoms with E-state index < -0.39 is 5.97 Å². The summed E-state index contributed by atoms with van der Waals surface area (Å²) in [5.41, 5.74) is 0.345. The maximum Gasteiger partial charge on any atom is 0.356 e. The summed E-state index contributed by atoms with van der Waals surface area (Å²) < 4.78 is 4.87. The smallest absolute Gasteiger partial charge is 0.356 e. The van der Waals surface area contributed by atoms with E-state index in [4.69, 9.17) is 9.57 Å². The molecule has 1 saturated carbocycles. The molecule has 16 heavy (non-hydrogen) atoms. The number of oxime groups is 1. The Labute approximate surface area is 93.8 Å². The lowest BCUT2D eigenvalue weighted by atomic mass is 9.82. The highest BCUT2D eigenvalue weighted by atomic mass is 16.6. The third-order valence-corrected chi connectivity index (χ3v) is 3.01. The number of hydrogen-bond donors (Lipinski definition) is 0. The van der Waals surface area contributed by atoms with Gasteiger partial charge in [0.2, 0.25) is 0 Å². The third-order valence-electron chi connectivity index (χ3n) is 3.01. The molecule has 0 N–H and O–H groups in total. The zero-order valence-electron chi connectivity index (χ0n) is 9.27. The van der Waals surface area contributed by atoms with Crippen molar-refractivity contribution in [2.75, 3.05) is 6.61 Å². The first-order valence-corrected chi connectivity index (χ1v) is 5.62. The number of carbonyl (C=O) groups excluding carboxylic acids is 2. The van der Waals surface area contributed by atoms with Gasteiger partial charge in [-0.1, -0.05) is 5.16 Å². The Balaban J connectivity index is 2.00. The first-order chi connectivity index (χ1) is 7.70. The highest BCUT2D eigenvalue weighted by molar-refractivity contribution is 6.36. The van der Waals surface area contributed by atoms with Crippen LogP contribution in [0.1, 0.15) is 32.6 Å². The van der Waals surface area contributed by atoms with Gasteiger partial charge >= 0.3 is 5.97 Å². The second-order valence-corrected chi connectivity index (χ2v) is 4.15. The molecule has 0 amide bonds. The fourth-order valence-corrected chi connectivity index (χ4v) is 2.13. The van der Waals surface area contributed by atoms with Crippen LogP contribution >= 0.6 is 0 Å². The number of Topliss-reactive ketones (excluding diaryl/α,β-unsaturated/α-hetero) is 1. The molecule has 2 aliphatic rings. The predicted molar refractivity (Wildman–Crippen MR) is 55.9 cm³/mol. The maximum atomic E-state index is 11.4. The van der Waals surface area contributed by atoms with Crippen LogP contribution in [0.2, 0.25) is 0 Å². The van der Waals surface area contributed by atoms with Crippen molar-refractivity contribution in [3.8, 4) is 0 Å². The van der Waals surface area contributed by atoms with Crippen LogP contribution in [-0.4, -0.2) is 30.2 Å². The van der Waals surface area contributed by atoms with Crippen LogP contribution < -0.4 is 0 Å². The molecule has 5 heteroatoms. The van der Waals surface area contributed by atoms with Crippen molar-refractivity contribution in [2.45, 2.75) is 38.7 Å². The Morgan fingerprint density at radius 1 is 1.56 bits per heavy atom. The summed E-state index contributed by atoms with van der Waals surface area (Å²) in [6.07, 6.45) is 2.21. The summed E-state index contributed by atoms with van der Waals surface area (Å²) in [5, 5.41) is 3.76. The summed E-state index contributed by atoms with van der Waals surface area (Å²) in [4.78, 5) is 27.9. The Hall–Kier alpha value is -1.39. The van der Waals surface area contributed by atoms with E-state index in [2.05, 4.69) is 5.16 Å². The van der Waals surface area contributed by atoms with Gasteiger partial charge in [-0.15, -0.1) is 0 Å². The first kappa shape index (κ1) is 11.1. The average molecular weight is 225 g/mol. The van der Waals surface area contributed by atoms with Crippen LogP contribution in [0.5, 0.6) is 0 Å². The van der Waals surface area contributed by atoms with Crippen molar-refractivity contribution < 1.29 is 19.2 Å². The van der Waals surface area contributed by atoms with Crippen LogP contribution in [0.15, 0.2) is 5.16 Å². The molecule has 2 rings (SSSR count). The number of hydrogen-bond acceptors (Lipinski definition) is 5. The predicted octanol–water partition coefficient (Wildman–Crippen LogP) is 1.06. The van der Waals surface area contributed by atoms with Gasteiger partial charge in [0.05, 0.1) is 6.61 Å². The third kappa shape index (κ3) is 2.23. The molecule has 0 aromatic rings. The van der Waals surface area contributed by atoms with Crippen molar-refractivity contribution in [3.05, 3.63) is 0 Å². The van der Waals surface area contributed by atoms with Crippen LogP contribution in [0.4, 0.5) is 0 Å². The molecule has 1 fully saturated rings. The summed E-state index contributed by atoms with van der Waals surface area (Å²) >= 11 is 0. The summed E-state index contributed by atoms with van der Waals surface area (Å²) in [6, 6.07) is 0. The first-order valence-electron chi connectivity index (χ1n) is 5.62. The van der Waals surface area contributed by atoms with E-state index in [9.17, 15) is 9.59 Å². The van der Waals surface area contributed by atoms with Crippen LogP contribution in [0, 0.1) is 5.92 Å². The quantitative estimate of drug-likeness (QED) is 0.659. The van der Waals surface area contributed by atoms with E-state index in [0.717, 1.165) is 6.42 Å². The maximum absolute atomic E-state index is 11.4. The molecule has 0 aromatic carbocycles. The monoisotopic (exact) mass is 225 g/mol. The SMILES string of the molecule is CCOC(=O)C1=NO[C@H]2CC(=O)CC[C@H]2C1. The molecular formula is C11H15NO4. The van der Waals surface area contributed by atoms with E-state index in [1.54, 1.807) is 6.92 Å². The molecule has 0 radical (unpaired) electrons. The minimum atomic E-state index is -0.405. The van der Waals surface area contributed by atoms with E-state index in [1.165, 1.54) is 0 Å². The molecule has 5 nitrogen and oxygen atoms in total. The number of ether oxygens (including phenoxy) is 1. The average Bonchev–Trinajstić information content (AvgIpc) is 2.28. The number of nitrogens with zero attached hydrogens (tertiary/aromatic N) is 1. The minimum absolute atomic E-state index is 0.139. The van der Waals surface area contributed by atoms with Gasteiger partial charge in [-0.2, -0.15) is 0 Å². The van der Waals surface area contributed by atoms with Gasteiger partial charge in [0.1, 0.15) is 11.9 Å². The molecule has 0 spiro atoms. The van der Waals surface area contributed by atoms with Gasteiger partial charge in [-0.3, -0.25) is 4.79 Å². The van der Waals surface area contributed by atoms with Crippen LogP contribution in [0.25, 0.3) is 0 Å². The van der Waals surface area contributed by atoms with E-state index in [1.807, 2.05) is 0 Å². The molecule has 2 atom stereocenters. The van der Waals surface area contributed by atoms with Gasteiger partial charge in [-0.05, 0) is 13.3 Å². The lowest BCUT2D eigenvalue weighted by Crippen LogP contribution is -2.38. The van der Waals surface area contributed by atoms with Gasteiger partial charge in [-0.25, -0.2) is 4.79 Å². The normalized spacial score (nSPS) is 28.8. The van der Waals surface area contributed by atoms with E-state index >= 15 is 0 Å². The fraction of sp³-hybridized carbons (Fsp3) is 0.727. The van der Waals surface area contributed by atoms with Gasteiger partial charge in [0, 0.05) is 25.2 Å². The molecule has 1 heterocycles. The molecule has 88 valence electrons. The van der Waals surface area contributed by atoms with E-state index in [-0.39, 0.29) is 17.8 Å². The molecule has 0 saturated heterocycles. The number of fused-ring (bicyclic) bond motifs is 1. The van der Waals surface area contributed by atoms with Crippen LogP contribution in [-0.2, 0) is 19.2 Å². The van der Waals surface area contributed by atoms with Gasteiger partial charge < -0.3 is 9.57 Å². The largest absolute Gasteiger partial charge is 0.461 e. The number of carbonyl (C=O) groups is 2. The lowest BCUT2D eigenvalue weighted by Gasteiger charge is -2.31. The van der Waals surface area contributed by atoms with Crippen molar-refractivity contribution in [3.63, 3.8) is 0 Å². The molecule has 0 unspecified atom stereocenters. The molecular weight excluding hydrogens is 210 g/mol. The second-order valence-electron chi connectivity index (χ2n) is 4.15. The Kier molecular flexibility index (Phi) is 3.22. The second kappa shape index (κ2) is 4.63. The number of esters is 1. The molecule has 1 aliphatic carbocycles. The zero-order chi connectivity index (χ0) is 11.5. The Bertz CT molecular complexity index is 337. The Morgan fingerprint density at radius 3 is 3.12 bits per heavy atom. The summed E-state index contributed by atoms with van der Waals surface area (Å²) in [5.74, 6) is 0.0449. The number of rotatable bonds is 2. The van der Waals surface area contributed by atoms with Gasteiger partial charge in [0.25, 0.3) is 0 Å². The van der Waals surface area contributed by atoms with Crippen molar-refractivity contribution in [1.82, 2.24) is 0 Å². The fourth-order valence-electron chi connectivity index (χ4n) is 2.13. The number of ketones is 1. The van der Waals surface area contributed by atoms with Gasteiger partial charge in [0.15, 0.2) is 5.71 Å². The molecule has 0 aromatic heterocycles. The van der Waals surface area contributed by atoms with Crippen LogP contribution in [0.3, 0.4) is 0 Å². The van der Waals surface area contributed by atoms with Crippen molar-refractivity contribution in [2.24, 2.45) is 11.1 Å². The van der Waals surface area contributed by atoms with Crippen molar-refractivity contribution >= 4 is 17.5 Å². The molecule has 0 bridgehead atoms. The Morgan fingerprint density at radius 2 is 2.38 bits per heavy atom. The zero-order valence-corrected chi connectivity index (χ0v) is 9.27. The highest BCUT2D eigenvalue weighted by Gasteiger charge is 2.36. The topological polar surface area (TPSA) is 65.0 Å². The lowest BCUT2D eigenvalue weighted by molar-refractivity contribution is -0.136.